The Balaban J connectivity index is 2.35. The van der Waals surface area contributed by atoms with Gasteiger partial charge in [0.1, 0.15) is 0 Å². The smallest absolute Gasteiger partial charge is 0.209 e. The van der Waals surface area contributed by atoms with Gasteiger partial charge in [0, 0.05) is 4.88 Å². The van der Waals surface area contributed by atoms with Crippen LogP contribution >= 0.6 is 22.9 Å². The summed E-state index contributed by atoms with van der Waals surface area (Å²) >= 11 is 7.27. The standard InChI is InChI=1S/C9H8ClNOS/c1-6-2-3-8(13-6)7-5-11-9(4-10)12-7/h2-3,5H,4H2,1H3. The lowest BCUT2D eigenvalue weighted by atomic mass is 10.4. The second-order valence-electron chi connectivity index (χ2n) is 2.66. The summed E-state index contributed by atoms with van der Waals surface area (Å²) in [6, 6.07) is 4.08. The van der Waals surface area contributed by atoms with E-state index in [0.29, 0.717) is 11.8 Å². The summed E-state index contributed by atoms with van der Waals surface area (Å²) < 4.78 is 5.40. The fourth-order valence-corrected chi connectivity index (χ4v) is 1.99. The van der Waals surface area contributed by atoms with E-state index >= 15 is 0 Å². The molecule has 0 fully saturated rings. The topological polar surface area (TPSA) is 26.0 Å². The van der Waals surface area contributed by atoms with Crippen molar-refractivity contribution in [2.45, 2.75) is 12.8 Å². The van der Waals surface area contributed by atoms with Crippen LogP contribution in [0.4, 0.5) is 0 Å². The van der Waals surface area contributed by atoms with Gasteiger partial charge < -0.3 is 4.42 Å². The Hall–Kier alpha value is -0.800. The van der Waals surface area contributed by atoms with E-state index in [-0.39, 0.29) is 0 Å². The maximum atomic E-state index is 5.58. The molecule has 0 saturated heterocycles. The summed E-state index contributed by atoms with van der Waals surface area (Å²) in [6.45, 7) is 2.06. The monoisotopic (exact) mass is 213 g/mol. The van der Waals surface area contributed by atoms with Gasteiger partial charge in [-0.2, -0.15) is 0 Å². The van der Waals surface area contributed by atoms with E-state index < -0.39 is 0 Å². The molecule has 4 heteroatoms. The third-order valence-corrected chi connectivity index (χ3v) is 2.89. The first-order valence-corrected chi connectivity index (χ1v) is 5.22. The highest BCUT2D eigenvalue weighted by molar-refractivity contribution is 7.15. The van der Waals surface area contributed by atoms with Crippen molar-refractivity contribution in [3.8, 4) is 10.6 Å². The molecule has 2 nitrogen and oxygen atoms in total. The van der Waals surface area contributed by atoms with Crippen LogP contribution in [-0.4, -0.2) is 4.98 Å². The van der Waals surface area contributed by atoms with Gasteiger partial charge in [-0.15, -0.1) is 22.9 Å². The minimum atomic E-state index is 0.324. The first-order chi connectivity index (χ1) is 6.29. The largest absolute Gasteiger partial charge is 0.439 e. The van der Waals surface area contributed by atoms with Gasteiger partial charge in [0.15, 0.2) is 5.76 Å². The van der Waals surface area contributed by atoms with E-state index in [9.17, 15) is 0 Å². The summed E-state index contributed by atoms with van der Waals surface area (Å²) in [6.07, 6.45) is 1.71. The number of oxazole rings is 1. The predicted molar refractivity (Wildman–Crippen MR) is 54.1 cm³/mol. The Bertz CT molecular complexity index is 407. The van der Waals surface area contributed by atoms with Gasteiger partial charge in [0.05, 0.1) is 17.0 Å². The molecule has 0 aliphatic rings. The maximum Gasteiger partial charge on any atom is 0.209 e. The molecule has 0 aliphatic heterocycles. The highest BCUT2D eigenvalue weighted by atomic mass is 35.5. The van der Waals surface area contributed by atoms with E-state index in [0.717, 1.165) is 10.6 Å². The number of halogens is 1. The molecule has 0 spiro atoms. The normalized spacial score (nSPS) is 10.6. The number of thiophene rings is 1. The molecule has 0 saturated carbocycles. The first-order valence-electron chi connectivity index (χ1n) is 3.87. The molecule has 0 amide bonds. The molecule has 2 aromatic heterocycles. The minimum absolute atomic E-state index is 0.324. The van der Waals surface area contributed by atoms with Gasteiger partial charge in [-0.05, 0) is 19.1 Å². The molecule has 13 heavy (non-hydrogen) atoms. The van der Waals surface area contributed by atoms with Crippen LogP contribution in [0.5, 0.6) is 0 Å². The van der Waals surface area contributed by atoms with E-state index in [1.807, 2.05) is 6.07 Å². The maximum absolute atomic E-state index is 5.58. The van der Waals surface area contributed by atoms with E-state index in [1.165, 1.54) is 4.88 Å². The molecular weight excluding hydrogens is 206 g/mol. The van der Waals surface area contributed by atoms with Crippen molar-refractivity contribution >= 4 is 22.9 Å². The predicted octanol–water partition coefficient (Wildman–Crippen LogP) is 3.45. The van der Waals surface area contributed by atoms with Crippen molar-refractivity contribution in [3.05, 3.63) is 29.1 Å². The van der Waals surface area contributed by atoms with Crippen molar-refractivity contribution in [2.24, 2.45) is 0 Å². The Kier molecular flexibility index (Phi) is 2.38. The summed E-state index contributed by atoms with van der Waals surface area (Å²) in [5.74, 6) is 1.70. The van der Waals surface area contributed by atoms with Gasteiger partial charge in [-0.25, -0.2) is 4.98 Å². The second kappa shape index (κ2) is 3.52. The SMILES string of the molecule is Cc1ccc(-c2cnc(CCl)o2)s1. The first kappa shape index (κ1) is 8.78. The Labute approximate surface area is 85.2 Å². The zero-order valence-corrected chi connectivity index (χ0v) is 8.65. The fourth-order valence-electron chi connectivity index (χ4n) is 1.05. The molecule has 0 unspecified atom stereocenters. The van der Waals surface area contributed by atoms with E-state index in [4.69, 9.17) is 16.0 Å². The lowest BCUT2D eigenvalue weighted by Gasteiger charge is -1.87. The average molecular weight is 214 g/mol. The zero-order valence-electron chi connectivity index (χ0n) is 7.08. The fraction of sp³-hybridized carbons (Fsp3) is 0.222. The second-order valence-corrected chi connectivity index (χ2v) is 4.22. The van der Waals surface area contributed by atoms with Gasteiger partial charge in [0.25, 0.3) is 0 Å². The Morgan fingerprint density at radius 3 is 2.92 bits per heavy atom. The number of nitrogens with zero attached hydrogens (tertiary/aromatic N) is 1. The highest BCUT2D eigenvalue weighted by Gasteiger charge is 2.06. The summed E-state index contributed by atoms with van der Waals surface area (Å²) in [4.78, 5) is 6.39. The summed E-state index contributed by atoms with van der Waals surface area (Å²) in [7, 11) is 0. The van der Waals surface area contributed by atoms with Crippen molar-refractivity contribution in [1.29, 1.82) is 0 Å². The number of hydrogen-bond acceptors (Lipinski definition) is 3. The van der Waals surface area contributed by atoms with Crippen molar-refractivity contribution in [1.82, 2.24) is 4.98 Å². The molecule has 0 atom stereocenters. The van der Waals surface area contributed by atoms with Crippen molar-refractivity contribution in [2.75, 3.05) is 0 Å². The van der Waals surface area contributed by atoms with Crippen LogP contribution in [0.1, 0.15) is 10.8 Å². The van der Waals surface area contributed by atoms with Crippen LogP contribution in [0, 0.1) is 6.92 Å². The third-order valence-electron chi connectivity index (χ3n) is 1.65. The van der Waals surface area contributed by atoms with E-state index in [2.05, 4.69) is 18.0 Å². The Morgan fingerprint density at radius 1 is 1.54 bits per heavy atom. The Morgan fingerprint density at radius 2 is 2.38 bits per heavy atom. The van der Waals surface area contributed by atoms with Gasteiger partial charge in [-0.1, -0.05) is 0 Å². The molecule has 2 heterocycles. The number of aromatic nitrogens is 1. The molecule has 0 N–H and O–H groups in total. The summed E-state index contributed by atoms with van der Waals surface area (Å²) in [5, 5.41) is 0. The number of rotatable bonds is 2. The lowest BCUT2D eigenvalue weighted by Crippen LogP contribution is -1.70. The molecule has 0 bridgehead atoms. The number of hydrogen-bond donors (Lipinski definition) is 0. The van der Waals surface area contributed by atoms with Gasteiger partial charge in [0.2, 0.25) is 5.89 Å². The third kappa shape index (κ3) is 1.76. The molecule has 2 aromatic rings. The van der Waals surface area contributed by atoms with Crippen molar-refractivity contribution < 1.29 is 4.42 Å². The number of alkyl halides is 1. The highest BCUT2D eigenvalue weighted by Crippen LogP contribution is 2.28. The zero-order chi connectivity index (χ0) is 9.26. The molecule has 68 valence electrons. The average Bonchev–Trinajstić information content (AvgIpc) is 2.71. The lowest BCUT2D eigenvalue weighted by molar-refractivity contribution is 0.530. The van der Waals surface area contributed by atoms with Crippen LogP contribution in [0.3, 0.4) is 0 Å². The molecule has 0 aromatic carbocycles. The van der Waals surface area contributed by atoms with Crippen LogP contribution in [0.15, 0.2) is 22.7 Å². The van der Waals surface area contributed by atoms with Gasteiger partial charge in [-0.3, -0.25) is 0 Å². The quantitative estimate of drug-likeness (QED) is 0.715. The van der Waals surface area contributed by atoms with Crippen LogP contribution in [0.25, 0.3) is 10.6 Å². The molecule has 2 rings (SSSR count). The van der Waals surface area contributed by atoms with E-state index in [1.54, 1.807) is 17.5 Å². The van der Waals surface area contributed by atoms with Crippen LogP contribution < -0.4 is 0 Å². The number of aryl methyl sites for hydroxylation is 1. The van der Waals surface area contributed by atoms with Crippen LogP contribution in [0.2, 0.25) is 0 Å². The molecule has 0 radical (unpaired) electrons. The molecular formula is C9H8ClNOS. The van der Waals surface area contributed by atoms with Crippen molar-refractivity contribution in [3.63, 3.8) is 0 Å². The summed E-state index contributed by atoms with van der Waals surface area (Å²) in [5.41, 5.74) is 0. The van der Waals surface area contributed by atoms with Crippen LogP contribution in [-0.2, 0) is 5.88 Å². The minimum Gasteiger partial charge on any atom is -0.439 e. The molecule has 0 aliphatic carbocycles. The van der Waals surface area contributed by atoms with Gasteiger partial charge >= 0.3 is 0 Å².